The zero-order chi connectivity index (χ0) is 13.1. The first-order valence-corrected chi connectivity index (χ1v) is 5.36. The molecule has 2 aromatic rings. The van der Waals surface area contributed by atoms with E-state index in [0.29, 0.717) is 17.3 Å². The minimum Gasteiger partial charge on any atom is -0.465 e. The van der Waals surface area contributed by atoms with Gasteiger partial charge in [-0.3, -0.25) is 5.32 Å². The van der Waals surface area contributed by atoms with Gasteiger partial charge in [-0.05, 0) is 12.1 Å². The van der Waals surface area contributed by atoms with Crippen molar-refractivity contribution in [2.24, 2.45) is 0 Å². The molecule has 0 aliphatic heterocycles. The Kier molecular flexibility index (Phi) is 3.22. The van der Waals surface area contributed by atoms with Crippen LogP contribution in [0.4, 0.5) is 10.6 Å². The predicted molar refractivity (Wildman–Crippen MR) is 63.3 cm³/mol. The van der Waals surface area contributed by atoms with Crippen molar-refractivity contribution in [1.29, 1.82) is 0 Å². The molecule has 0 atom stereocenters. The molecule has 7 heteroatoms. The van der Waals surface area contributed by atoms with Crippen molar-refractivity contribution < 1.29 is 14.3 Å². The standard InChI is InChI=1S/C11H12N4O3/c1-6(2)9-14-15-10(18-9)7-3-4-12-8(5-7)13-11(16)17/h3-6H,1-2H3,(H,12,13)(H,16,17). The Morgan fingerprint density at radius 1 is 1.44 bits per heavy atom. The molecule has 0 saturated carbocycles. The summed E-state index contributed by atoms with van der Waals surface area (Å²) in [5, 5.41) is 18.6. The Hall–Kier alpha value is -2.44. The van der Waals surface area contributed by atoms with Crippen molar-refractivity contribution in [2.45, 2.75) is 19.8 Å². The summed E-state index contributed by atoms with van der Waals surface area (Å²) >= 11 is 0. The van der Waals surface area contributed by atoms with E-state index in [0.717, 1.165) is 0 Å². The average molecular weight is 248 g/mol. The number of carboxylic acid groups (broad SMARTS) is 1. The number of carbonyl (C=O) groups is 1. The molecule has 0 fully saturated rings. The topological polar surface area (TPSA) is 101 Å². The van der Waals surface area contributed by atoms with Gasteiger partial charge in [0.15, 0.2) is 0 Å². The number of pyridine rings is 1. The number of aromatic nitrogens is 3. The number of amides is 1. The van der Waals surface area contributed by atoms with Crippen LogP contribution in [0.25, 0.3) is 11.5 Å². The molecule has 7 nitrogen and oxygen atoms in total. The predicted octanol–water partition coefficient (Wildman–Crippen LogP) is 2.34. The van der Waals surface area contributed by atoms with Gasteiger partial charge in [-0.1, -0.05) is 13.8 Å². The fraction of sp³-hybridized carbons (Fsp3) is 0.273. The maximum absolute atomic E-state index is 10.5. The van der Waals surface area contributed by atoms with Crippen molar-refractivity contribution >= 4 is 11.9 Å². The molecule has 0 spiro atoms. The molecule has 18 heavy (non-hydrogen) atoms. The molecule has 94 valence electrons. The molecule has 2 rings (SSSR count). The van der Waals surface area contributed by atoms with Crippen LogP contribution in [0.3, 0.4) is 0 Å². The van der Waals surface area contributed by atoms with Crippen molar-refractivity contribution in [3.63, 3.8) is 0 Å². The Bertz CT molecular complexity index is 565. The molecule has 0 saturated heterocycles. The van der Waals surface area contributed by atoms with Crippen LogP contribution in [-0.4, -0.2) is 26.4 Å². The number of anilines is 1. The van der Waals surface area contributed by atoms with Gasteiger partial charge in [0.25, 0.3) is 0 Å². The second-order valence-corrected chi connectivity index (χ2v) is 3.96. The lowest BCUT2D eigenvalue weighted by Gasteiger charge is -2.00. The van der Waals surface area contributed by atoms with Crippen molar-refractivity contribution in [3.05, 3.63) is 24.2 Å². The quantitative estimate of drug-likeness (QED) is 0.864. The molecule has 0 aliphatic carbocycles. The molecule has 0 bridgehead atoms. The van der Waals surface area contributed by atoms with Gasteiger partial charge >= 0.3 is 6.09 Å². The largest absolute Gasteiger partial charge is 0.465 e. The van der Waals surface area contributed by atoms with Gasteiger partial charge in [0.1, 0.15) is 5.82 Å². The van der Waals surface area contributed by atoms with Gasteiger partial charge in [0.2, 0.25) is 11.8 Å². The van der Waals surface area contributed by atoms with E-state index < -0.39 is 6.09 Å². The van der Waals surface area contributed by atoms with Crippen LogP contribution >= 0.6 is 0 Å². The fourth-order valence-corrected chi connectivity index (χ4v) is 1.33. The van der Waals surface area contributed by atoms with E-state index in [4.69, 9.17) is 9.52 Å². The number of nitrogens with one attached hydrogen (secondary N) is 1. The van der Waals surface area contributed by atoms with Crippen molar-refractivity contribution in [1.82, 2.24) is 15.2 Å². The molecule has 0 aromatic carbocycles. The lowest BCUT2D eigenvalue weighted by molar-refractivity contribution is 0.209. The molecule has 2 N–H and O–H groups in total. The summed E-state index contributed by atoms with van der Waals surface area (Å²) in [6.07, 6.45) is 0.299. The SMILES string of the molecule is CC(C)c1nnc(-c2ccnc(NC(=O)O)c2)o1. The summed E-state index contributed by atoms with van der Waals surface area (Å²) < 4.78 is 5.47. The summed E-state index contributed by atoms with van der Waals surface area (Å²) in [5.74, 6) is 1.23. The zero-order valence-electron chi connectivity index (χ0n) is 9.91. The maximum Gasteiger partial charge on any atom is 0.410 e. The van der Waals surface area contributed by atoms with Gasteiger partial charge in [0.05, 0.1) is 0 Å². The van der Waals surface area contributed by atoms with Gasteiger partial charge in [0, 0.05) is 17.7 Å². The van der Waals surface area contributed by atoms with E-state index >= 15 is 0 Å². The normalized spacial score (nSPS) is 10.6. The van der Waals surface area contributed by atoms with Gasteiger partial charge in [-0.25, -0.2) is 9.78 Å². The zero-order valence-corrected chi connectivity index (χ0v) is 9.91. The highest BCUT2D eigenvalue weighted by atomic mass is 16.4. The Labute approximate surface area is 103 Å². The summed E-state index contributed by atoms with van der Waals surface area (Å²) in [7, 11) is 0. The first kappa shape index (κ1) is 12.0. The molecule has 0 radical (unpaired) electrons. The van der Waals surface area contributed by atoms with Gasteiger partial charge < -0.3 is 9.52 Å². The van der Waals surface area contributed by atoms with E-state index in [1.165, 1.54) is 12.3 Å². The van der Waals surface area contributed by atoms with Crippen molar-refractivity contribution in [3.8, 4) is 11.5 Å². The Morgan fingerprint density at radius 2 is 2.22 bits per heavy atom. The van der Waals surface area contributed by atoms with Crippen LogP contribution in [0.1, 0.15) is 25.7 Å². The van der Waals surface area contributed by atoms with Gasteiger partial charge in [-0.2, -0.15) is 0 Å². The van der Waals surface area contributed by atoms with Crippen LogP contribution in [-0.2, 0) is 0 Å². The van der Waals surface area contributed by atoms with Crippen LogP contribution in [0, 0.1) is 0 Å². The van der Waals surface area contributed by atoms with Crippen LogP contribution in [0.5, 0.6) is 0 Å². The van der Waals surface area contributed by atoms with Gasteiger partial charge in [-0.15, -0.1) is 10.2 Å². The van der Waals surface area contributed by atoms with E-state index in [1.807, 2.05) is 13.8 Å². The first-order valence-electron chi connectivity index (χ1n) is 5.36. The third-order valence-electron chi connectivity index (χ3n) is 2.18. The fourth-order valence-electron chi connectivity index (χ4n) is 1.33. The lowest BCUT2D eigenvalue weighted by Crippen LogP contribution is -2.08. The molecule has 1 amide bonds. The smallest absolute Gasteiger partial charge is 0.410 e. The number of rotatable bonds is 3. The number of hydrogen-bond acceptors (Lipinski definition) is 5. The van der Waals surface area contributed by atoms with E-state index in [-0.39, 0.29) is 11.7 Å². The highest BCUT2D eigenvalue weighted by Gasteiger charge is 2.12. The van der Waals surface area contributed by atoms with Crippen LogP contribution < -0.4 is 5.32 Å². The molecule has 0 unspecified atom stereocenters. The molecular formula is C11H12N4O3. The van der Waals surface area contributed by atoms with E-state index in [1.54, 1.807) is 6.07 Å². The molecule has 2 aromatic heterocycles. The van der Waals surface area contributed by atoms with Crippen LogP contribution in [0.2, 0.25) is 0 Å². The summed E-state index contributed by atoms with van der Waals surface area (Å²) in [6.45, 7) is 3.89. The summed E-state index contributed by atoms with van der Waals surface area (Å²) in [5.41, 5.74) is 0.619. The second-order valence-electron chi connectivity index (χ2n) is 3.96. The minimum atomic E-state index is -1.17. The Morgan fingerprint density at radius 3 is 2.83 bits per heavy atom. The average Bonchev–Trinajstić information content (AvgIpc) is 2.77. The monoisotopic (exact) mass is 248 g/mol. The lowest BCUT2D eigenvalue weighted by atomic mass is 10.2. The molecule has 2 heterocycles. The summed E-state index contributed by atoms with van der Waals surface area (Å²) in [6, 6.07) is 3.20. The summed E-state index contributed by atoms with van der Waals surface area (Å²) in [4.78, 5) is 14.4. The highest BCUT2D eigenvalue weighted by Crippen LogP contribution is 2.22. The van der Waals surface area contributed by atoms with E-state index in [9.17, 15) is 4.79 Å². The van der Waals surface area contributed by atoms with E-state index in [2.05, 4.69) is 20.5 Å². The maximum atomic E-state index is 10.5. The van der Waals surface area contributed by atoms with Crippen molar-refractivity contribution in [2.75, 3.05) is 5.32 Å². The third kappa shape index (κ3) is 2.62. The molecular weight excluding hydrogens is 236 g/mol. The number of hydrogen-bond donors (Lipinski definition) is 2. The van der Waals surface area contributed by atoms with Crippen LogP contribution in [0.15, 0.2) is 22.7 Å². The first-order chi connectivity index (χ1) is 8.56. The minimum absolute atomic E-state index is 0.143. The number of nitrogens with zero attached hydrogens (tertiary/aromatic N) is 3. The Balaban J connectivity index is 2.29. The highest BCUT2D eigenvalue weighted by molar-refractivity contribution is 5.82. The molecule has 0 aliphatic rings. The second kappa shape index (κ2) is 4.82. The third-order valence-corrected chi connectivity index (χ3v) is 2.18.